The van der Waals surface area contributed by atoms with Crippen molar-refractivity contribution in [1.29, 1.82) is 0 Å². The van der Waals surface area contributed by atoms with Gasteiger partial charge in [-0.25, -0.2) is 0 Å². The van der Waals surface area contributed by atoms with E-state index in [1.165, 1.54) is 38.8 Å². The average molecular weight is 287 g/mol. The van der Waals surface area contributed by atoms with Gasteiger partial charge in [-0.1, -0.05) is 47.0 Å². The highest BCUT2D eigenvalue weighted by Gasteiger charge is 2.21. The van der Waals surface area contributed by atoms with Crippen molar-refractivity contribution in [1.82, 2.24) is 10.2 Å². The molecule has 0 amide bonds. The second-order valence-electron chi connectivity index (χ2n) is 6.28. The van der Waals surface area contributed by atoms with Gasteiger partial charge in [0.05, 0.1) is 6.61 Å². The van der Waals surface area contributed by atoms with Crippen LogP contribution in [0.15, 0.2) is 0 Å². The van der Waals surface area contributed by atoms with Gasteiger partial charge in [0.25, 0.3) is 0 Å². The van der Waals surface area contributed by atoms with E-state index in [9.17, 15) is 5.11 Å². The Labute approximate surface area is 127 Å². The van der Waals surface area contributed by atoms with Crippen molar-refractivity contribution < 1.29 is 5.11 Å². The number of aliphatic hydroxyl groups excluding tert-OH is 1. The van der Waals surface area contributed by atoms with E-state index < -0.39 is 0 Å². The van der Waals surface area contributed by atoms with Crippen LogP contribution in [0.25, 0.3) is 0 Å². The van der Waals surface area contributed by atoms with Gasteiger partial charge in [0.2, 0.25) is 0 Å². The number of nitrogens with one attached hydrogen (secondary N) is 1. The lowest BCUT2D eigenvalue weighted by Crippen LogP contribution is -2.45. The van der Waals surface area contributed by atoms with Gasteiger partial charge in [-0.2, -0.15) is 0 Å². The highest BCUT2D eigenvalue weighted by Crippen LogP contribution is 2.15. The Morgan fingerprint density at radius 2 is 1.75 bits per heavy atom. The lowest BCUT2D eigenvalue weighted by atomic mass is 9.95. The van der Waals surface area contributed by atoms with E-state index in [4.69, 9.17) is 0 Å². The molecule has 122 valence electrons. The predicted molar refractivity (Wildman–Crippen MR) is 89.2 cm³/mol. The van der Waals surface area contributed by atoms with Gasteiger partial charge in [-0.15, -0.1) is 0 Å². The summed E-state index contributed by atoms with van der Waals surface area (Å²) < 4.78 is 0. The minimum Gasteiger partial charge on any atom is -0.394 e. The summed E-state index contributed by atoms with van der Waals surface area (Å²) in [4.78, 5) is 2.58. The van der Waals surface area contributed by atoms with E-state index in [1.807, 2.05) is 0 Å². The fourth-order valence-corrected chi connectivity index (χ4v) is 2.79. The van der Waals surface area contributed by atoms with Gasteiger partial charge in [0.15, 0.2) is 0 Å². The van der Waals surface area contributed by atoms with E-state index in [2.05, 4.69) is 44.8 Å². The number of rotatable bonds is 13. The van der Waals surface area contributed by atoms with Gasteiger partial charge >= 0.3 is 0 Å². The summed E-state index contributed by atoms with van der Waals surface area (Å²) >= 11 is 0. The molecule has 3 heteroatoms. The Bertz CT molecular complexity index is 219. The molecule has 3 nitrogen and oxygen atoms in total. The van der Waals surface area contributed by atoms with Crippen molar-refractivity contribution in [3.05, 3.63) is 0 Å². The first-order chi connectivity index (χ1) is 9.55. The summed E-state index contributed by atoms with van der Waals surface area (Å²) in [6.45, 7) is 15.8. The maximum atomic E-state index is 9.48. The van der Waals surface area contributed by atoms with Gasteiger partial charge < -0.3 is 15.3 Å². The van der Waals surface area contributed by atoms with Crippen LogP contribution < -0.4 is 5.32 Å². The molecule has 0 aliphatic carbocycles. The standard InChI is InChI=1S/C17H38N2O/c1-6-16(7-2)14-19(9-4)13-11-10-12-17(5,15-20)18-8-3/h16,18,20H,6-15H2,1-5H3. The van der Waals surface area contributed by atoms with Crippen LogP contribution in [0, 0.1) is 5.92 Å². The number of aliphatic hydroxyl groups is 1. The molecule has 0 fully saturated rings. The van der Waals surface area contributed by atoms with Crippen LogP contribution in [0.4, 0.5) is 0 Å². The zero-order valence-corrected chi connectivity index (χ0v) is 14.5. The third-order valence-corrected chi connectivity index (χ3v) is 4.52. The highest BCUT2D eigenvalue weighted by atomic mass is 16.3. The number of hydrogen-bond donors (Lipinski definition) is 2. The summed E-state index contributed by atoms with van der Waals surface area (Å²) in [7, 11) is 0. The van der Waals surface area contributed by atoms with Crippen molar-refractivity contribution in [2.24, 2.45) is 5.92 Å². The Balaban J connectivity index is 3.95. The van der Waals surface area contributed by atoms with E-state index in [0.29, 0.717) is 0 Å². The van der Waals surface area contributed by atoms with Crippen LogP contribution in [0.1, 0.15) is 66.7 Å². The SMILES string of the molecule is CCNC(C)(CO)CCCCN(CC)CC(CC)CC. The Morgan fingerprint density at radius 1 is 1.10 bits per heavy atom. The topological polar surface area (TPSA) is 35.5 Å². The monoisotopic (exact) mass is 286 g/mol. The molecule has 0 aliphatic rings. The van der Waals surface area contributed by atoms with Gasteiger partial charge in [-0.3, -0.25) is 0 Å². The van der Waals surface area contributed by atoms with Gasteiger partial charge in [0, 0.05) is 12.1 Å². The first-order valence-corrected chi connectivity index (χ1v) is 8.63. The third-order valence-electron chi connectivity index (χ3n) is 4.52. The van der Waals surface area contributed by atoms with E-state index in [0.717, 1.165) is 25.4 Å². The first-order valence-electron chi connectivity index (χ1n) is 8.63. The third kappa shape index (κ3) is 8.23. The molecule has 0 aromatic carbocycles. The number of likely N-dealkylation sites (N-methyl/N-ethyl adjacent to an activating group) is 1. The summed E-state index contributed by atoms with van der Waals surface area (Å²) in [5.41, 5.74) is -0.0961. The molecule has 0 bridgehead atoms. The van der Waals surface area contributed by atoms with E-state index in [-0.39, 0.29) is 12.1 Å². The van der Waals surface area contributed by atoms with Crippen molar-refractivity contribution in [2.45, 2.75) is 72.3 Å². The normalized spacial score (nSPS) is 15.0. The molecule has 0 rings (SSSR count). The summed E-state index contributed by atoms with van der Waals surface area (Å²) in [5.74, 6) is 0.847. The zero-order chi connectivity index (χ0) is 15.4. The molecule has 1 unspecified atom stereocenters. The molecule has 0 aliphatic heterocycles. The smallest absolute Gasteiger partial charge is 0.0610 e. The maximum absolute atomic E-state index is 9.48. The van der Waals surface area contributed by atoms with Crippen molar-refractivity contribution >= 4 is 0 Å². The second kappa shape index (κ2) is 11.5. The molecular weight excluding hydrogens is 248 g/mol. The fourth-order valence-electron chi connectivity index (χ4n) is 2.79. The first kappa shape index (κ1) is 19.9. The van der Waals surface area contributed by atoms with E-state index >= 15 is 0 Å². The van der Waals surface area contributed by atoms with Crippen LogP contribution in [-0.4, -0.2) is 48.3 Å². The molecule has 20 heavy (non-hydrogen) atoms. The largest absolute Gasteiger partial charge is 0.394 e. The van der Waals surface area contributed by atoms with E-state index in [1.54, 1.807) is 0 Å². The lowest BCUT2D eigenvalue weighted by molar-refractivity contribution is 0.161. The number of nitrogens with zero attached hydrogens (tertiary/aromatic N) is 1. The average Bonchev–Trinajstić information content (AvgIpc) is 2.47. The van der Waals surface area contributed by atoms with Crippen LogP contribution in [0.2, 0.25) is 0 Å². The molecule has 0 spiro atoms. The number of unbranched alkanes of at least 4 members (excludes halogenated alkanes) is 1. The van der Waals surface area contributed by atoms with Crippen LogP contribution in [0.3, 0.4) is 0 Å². The minimum absolute atomic E-state index is 0.0961. The number of hydrogen-bond acceptors (Lipinski definition) is 3. The summed E-state index contributed by atoms with van der Waals surface area (Å²) in [6.07, 6.45) is 6.05. The molecule has 0 aromatic rings. The maximum Gasteiger partial charge on any atom is 0.0610 e. The van der Waals surface area contributed by atoms with Crippen LogP contribution >= 0.6 is 0 Å². The molecule has 0 heterocycles. The molecule has 2 N–H and O–H groups in total. The molecule has 1 atom stereocenters. The lowest BCUT2D eigenvalue weighted by Gasteiger charge is -2.29. The Hall–Kier alpha value is -0.120. The molecule has 0 aromatic heterocycles. The quantitative estimate of drug-likeness (QED) is 0.510. The van der Waals surface area contributed by atoms with Crippen molar-refractivity contribution in [2.75, 3.05) is 32.8 Å². The highest BCUT2D eigenvalue weighted by molar-refractivity contribution is 4.81. The summed E-state index contributed by atoms with van der Waals surface area (Å²) in [6, 6.07) is 0. The minimum atomic E-state index is -0.0961. The second-order valence-corrected chi connectivity index (χ2v) is 6.28. The molecule has 0 radical (unpaired) electrons. The predicted octanol–water partition coefficient (Wildman–Crippen LogP) is 3.28. The van der Waals surface area contributed by atoms with Crippen molar-refractivity contribution in [3.63, 3.8) is 0 Å². The Kier molecular flexibility index (Phi) is 11.5. The molecule has 0 saturated heterocycles. The van der Waals surface area contributed by atoms with Gasteiger partial charge in [0.1, 0.15) is 0 Å². The molecular formula is C17H38N2O. The van der Waals surface area contributed by atoms with Crippen LogP contribution in [-0.2, 0) is 0 Å². The fraction of sp³-hybridized carbons (Fsp3) is 1.00. The summed E-state index contributed by atoms with van der Waals surface area (Å²) in [5, 5.41) is 12.9. The van der Waals surface area contributed by atoms with Crippen molar-refractivity contribution in [3.8, 4) is 0 Å². The van der Waals surface area contributed by atoms with Crippen LogP contribution in [0.5, 0.6) is 0 Å². The Morgan fingerprint density at radius 3 is 2.20 bits per heavy atom. The molecule has 0 saturated carbocycles. The van der Waals surface area contributed by atoms with Gasteiger partial charge in [-0.05, 0) is 45.3 Å². The zero-order valence-electron chi connectivity index (χ0n) is 14.5.